The first kappa shape index (κ1) is 26.9. The van der Waals surface area contributed by atoms with E-state index in [0.29, 0.717) is 45.5 Å². The Morgan fingerprint density at radius 2 is 0.931 bits per heavy atom. The molecule has 0 fully saturated rings. The van der Waals surface area contributed by atoms with Crippen molar-refractivity contribution in [2.45, 2.75) is 83.5 Å². The Hall–Kier alpha value is -2.11. The average molecular weight is 411 g/mol. The number of esters is 3. The molecule has 0 aliphatic heterocycles. The summed E-state index contributed by atoms with van der Waals surface area (Å²) in [6, 6.07) is 0. The summed E-state index contributed by atoms with van der Waals surface area (Å²) in [5, 5.41) is 0. The Morgan fingerprint density at radius 1 is 0.517 bits per heavy atom. The molecule has 0 aromatic rings. The van der Waals surface area contributed by atoms with Crippen LogP contribution in [0.15, 0.2) is 25.3 Å². The quantitative estimate of drug-likeness (QED) is 0.121. The lowest BCUT2D eigenvalue weighted by Crippen LogP contribution is -2.07. The number of ether oxygens (including phenoxy) is 3. The lowest BCUT2D eigenvalue weighted by Gasteiger charge is -2.06. The molecule has 0 heterocycles. The van der Waals surface area contributed by atoms with Gasteiger partial charge in [0.05, 0.1) is 19.8 Å². The van der Waals surface area contributed by atoms with Gasteiger partial charge in [-0.25, -0.2) is 0 Å². The summed E-state index contributed by atoms with van der Waals surface area (Å²) in [5.41, 5.74) is 0. The van der Waals surface area contributed by atoms with E-state index in [4.69, 9.17) is 14.2 Å². The van der Waals surface area contributed by atoms with Gasteiger partial charge in [0.25, 0.3) is 0 Å². The van der Waals surface area contributed by atoms with Crippen molar-refractivity contribution < 1.29 is 28.6 Å². The predicted octanol–water partition coefficient (Wildman–Crippen LogP) is 5.06. The van der Waals surface area contributed by atoms with Crippen LogP contribution in [0.2, 0.25) is 0 Å². The van der Waals surface area contributed by atoms with Crippen LogP contribution < -0.4 is 0 Å². The summed E-state index contributed by atoms with van der Waals surface area (Å²) in [4.78, 5) is 34.3. The number of allylic oxidation sites excluding steroid dienone is 2. The van der Waals surface area contributed by atoms with Gasteiger partial charge in [0, 0.05) is 19.3 Å². The van der Waals surface area contributed by atoms with Gasteiger partial charge in [-0.15, -0.1) is 13.2 Å². The van der Waals surface area contributed by atoms with E-state index in [1.54, 1.807) is 12.2 Å². The molecular weight excluding hydrogens is 372 g/mol. The standard InChI is InChI=1S/C23H38O6/c1-3-5-10-16-22(25)29-20-14-9-11-17-23(26)28-19-13-8-7-12-18-27-21(24)15-6-4-2/h3-4H,1-2,5-20H2. The zero-order chi connectivity index (χ0) is 21.6. The molecule has 0 amide bonds. The van der Waals surface area contributed by atoms with Crippen molar-refractivity contribution in [1.29, 1.82) is 0 Å². The molecule has 0 rings (SSSR count). The second kappa shape index (κ2) is 20.6. The van der Waals surface area contributed by atoms with Crippen LogP contribution >= 0.6 is 0 Å². The number of carbonyl (C=O) groups is 3. The molecule has 0 saturated heterocycles. The lowest BCUT2D eigenvalue weighted by molar-refractivity contribution is -0.145. The Kier molecular flexibility index (Phi) is 19.1. The highest BCUT2D eigenvalue weighted by Crippen LogP contribution is 2.06. The van der Waals surface area contributed by atoms with Crippen LogP contribution in [0.4, 0.5) is 0 Å². The average Bonchev–Trinajstić information content (AvgIpc) is 2.71. The van der Waals surface area contributed by atoms with Gasteiger partial charge < -0.3 is 14.2 Å². The number of hydrogen-bond acceptors (Lipinski definition) is 6. The largest absolute Gasteiger partial charge is 0.466 e. The predicted molar refractivity (Wildman–Crippen MR) is 113 cm³/mol. The first-order valence-electron chi connectivity index (χ1n) is 10.8. The molecule has 166 valence electrons. The first-order valence-corrected chi connectivity index (χ1v) is 10.8. The summed E-state index contributed by atoms with van der Waals surface area (Å²) >= 11 is 0. The molecule has 29 heavy (non-hydrogen) atoms. The van der Waals surface area contributed by atoms with E-state index < -0.39 is 0 Å². The maximum atomic E-state index is 11.6. The van der Waals surface area contributed by atoms with Crippen LogP contribution in [0.5, 0.6) is 0 Å². The Bertz CT molecular complexity index is 472. The molecule has 0 aliphatic rings. The van der Waals surface area contributed by atoms with Gasteiger partial charge >= 0.3 is 17.9 Å². The van der Waals surface area contributed by atoms with Crippen molar-refractivity contribution in [1.82, 2.24) is 0 Å². The summed E-state index contributed by atoms with van der Waals surface area (Å²) in [5.74, 6) is -0.528. The van der Waals surface area contributed by atoms with Crippen LogP contribution in [0.25, 0.3) is 0 Å². The summed E-state index contributed by atoms with van der Waals surface area (Å²) in [6.07, 6.45) is 12.8. The number of unbranched alkanes of at least 4 members (excludes halogenated alkanes) is 6. The van der Waals surface area contributed by atoms with Crippen molar-refractivity contribution in [2.75, 3.05) is 19.8 Å². The fraction of sp³-hybridized carbons (Fsp3) is 0.696. The zero-order valence-corrected chi connectivity index (χ0v) is 17.8. The maximum absolute atomic E-state index is 11.6. The smallest absolute Gasteiger partial charge is 0.306 e. The van der Waals surface area contributed by atoms with Crippen LogP contribution in [-0.2, 0) is 28.6 Å². The Balaban J connectivity index is 3.34. The van der Waals surface area contributed by atoms with E-state index in [0.717, 1.165) is 57.8 Å². The monoisotopic (exact) mass is 410 g/mol. The third kappa shape index (κ3) is 20.4. The molecule has 0 radical (unpaired) electrons. The van der Waals surface area contributed by atoms with Crippen molar-refractivity contribution in [3.8, 4) is 0 Å². The van der Waals surface area contributed by atoms with Crippen LogP contribution in [-0.4, -0.2) is 37.7 Å². The highest BCUT2D eigenvalue weighted by molar-refractivity contribution is 5.70. The fourth-order valence-electron chi connectivity index (χ4n) is 2.49. The highest BCUT2D eigenvalue weighted by Gasteiger charge is 2.05. The van der Waals surface area contributed by atoms with Gasteiger partial charge in [-0.3, -0.25) is 14.4 Å². The zero-order valence-electron chi connectivity index (χ0n) is 17.8. The molecule has 6 nitrogen and oxygen atoms in total. The third-order valence-electron chi connectivity index (χ3n) is 4.19. The summed E-state index contributed by atoms with van der Waals surface area (Å²) in [7, 11) is 0. The Labute approximate surface area is 175 Å². The van der Waals surface area contributed by atoms with Gasteiger partial charge in [-0.2, -0.15) is 0 Å². The van der Waals surface area contributed by atoms with E-state index in [2.05, 4.69) is 13.2 Å². The molecule has 0 unspecified atom stereocenters. The second-order valence-electron chi connectivity index (χ2n) is 6.89. The minimum Gasteiger partial charge on any atom is -0.466 e. The molecule has 0 aliphatic carbocycles. The molecule has 6 heteroatoms. The summed E-state index contributed by atoms with van der Waals surface area (Å²) in [6.45, 7) is 8.46. The minimum absolute atomic E-state index is 0.169. The first-order chi connectivity index (χ1) is 14.1. The number of hydrogen-bond donors (Lipinski definition) is 0. The number of carbonyl (C=O) groups excluding carboxylic acids is 3. The van der Waals surface area contributed by atoms with E-state index >= 15 is 0 Å². The van der Waals surface area contributed by atoms with Gasteiger partial charge in [-0.05, 0) is 64.2 Å². The maximum Gasteiger partial charge on any atom is 0.306 e. The highest BCUT2D eigenvalue weighted by atomic mass is 16.5. The van der Waals surface area contributed by atoms with Gasteiger partial charge in [0.2, 0.25) is 0 Å². The molecule has 0 aromatic heterocycles. The van der Waals surface area contributed by atoms with Crippen LogP contribution in [0.3, 0.4) is 0 Å². The normalized spacial score (nSPS) is 10.2. The van der Waals surface area contributed by atoms with Gasteiger partial charge in [0.15, 0.2) is 0 Å². The third-order valence-corrected chi connectivity index (χ3v) is 4.19. The second-order valence-corrected chi connectivity index (χ2v) is 6.89. The molecule has 0 atom stereocenters. The van der Waals surface area contributed by atoms with E-state index in [1.807, 2.05) is 0 Å². The molecule has 0 bridgehead atoms. The van der Waals surface area contributed by atoms with Crippen molar-refractivity contribution in [2.24, 2.45) is 0 Å². The summed E-state index contributed by atoms with van der Waals surface area (Å²) < 4.78 is 15.4. The topological polar surface area (TPSA) is 78.9 Å². The minimum atomic E-state index is -0.180. The van der Waals surface area contributed by atoms with Crippen LogP contribution in [0, 0.1) is 0 Å². The van der Waals surface area contributed by atoms with Crippen molar-refractivity contribution in [3.63, 3.8) is 0 Å². The van der Waals surface area contributed by atoms with E-state index in [1.165, 1.54) is 0 Å². The molecule has 0 saturated carbocycles. The van der Waals surface area contributed by atoms with E-state index in [9.17, 15) is 14.4 Å². The van der Waals surface area contributed by atoms with Gasteiger partial charge in [-0.1, -0.05) is 12.2 Å². The SMILES string of the molecule is C=CCCCC(=O)OCCCCCC(=O)OCCCCCCOC(=O)CCC=C. The Morgan fingerprint density at radius 3 is 1.41 bits per heavy atom. The van der Waals surface area contributed by atoms with Crippen LogP contribution in [0.1, 0.15) is 83.5 Å². The molecular formula is C23H38O6. The van der Waals surface area contributed by atoms with Crippen molar-refractivity contribution >= 4 is 17.9 Å². The van der Waals surface area contributed by atoms with E-state index in [-0.39, 0.29) is 17.9 Å². The fourth-order valence-corrected chi connectivity index (χ4v) is 2.49. The molecule has 0 N–H and O–H groups in total. The van der Waals surface area contributed by atoms with Crippen molar-refractivity contribution in [3.05, 3.63) is 25.3 Å². The van der Waals surface area contributed by atoms with Gasteiger partial charge in [0.1, 0.15) is 0 Å². The lowest BCUT2D eigenvalue weighted by atomic mass is 10.2. The molecule has 0 spiro atoms. The number of rotatable bonds is 20. The molecule has 0 aromatic carbocycles.